The summed E-state index contributed by atoms with van der Waals surface area (Å²) in [6.07, 6.45) is 0.641. The number of rotatable bonds is 8. The number of nitrogens with two attached hydrogens (primary N) is 1. The molecule has 1 aromatic heterocycles. The molecule has 0 radical (unpaired) electrons. The maximum Gasteiger partial charge on any atom is 0.217 e. The molecule has 1 heterocycles. The molecule has 0 saturated carbocycles. The Labute approximate surface area is 153 Å². The molecule has 0 bridgehead atoms. The number of halogens is 2. The largest absolute Gasteiger partial charge is 0.370 e. The van der Waals surface area contributed by atoms with Crippen LogP contribution in [0, 0.1) is 0 Å². The number of carbonyl (C=O) groups is 2. The summed E-state index contributed by atoms with van der Waals surface area (Å²) >= 11 is 13.1. The first kappa shape index (κ1) is 18.8. The Morgan fingerprint density at radius 2 is 2.00 bits per heavy atom. The van der Waals surface area contributed by atoms with Gasteiger partial charge in [0.2, 0.25) is 5.91 Å². The lowest BCUT2D eigenvalue weighted by Crippen LogP contribution is -2.13. The number of benzene rings is 1. The summed E-state index contributed by atoms with van der Waals surface area (Å²) in [6.45, 7) is 2.59. The molecule has 2 rings (SSSR count). The number of aryl methyl sites for hydroxylation is 1. The first-order chi connectivity index (χ1) is 11.4. The Morgan fingerprint density at radius 1 is 1.25 bits per heavy atom. The first-order valence-electron chi connectivity index (χ1n) is 7.23. The van der Waals surface area contributed by atoms with Crippen molar-refractivity contribution in [2.24, 2.45) is 5.73 Å². The number of hydrogen-bond donors (Lipinski definition) is 1. The molecular weight excluding hydrogens is 371 g/mol. The highest BCUT2D eigenvalue weighted by Crippen LogP contribution is 2.24. The molecule has 24 heavy (non-hydrogen) atoms. The van der Waals surface area contributed by atoms with Gasteiger partial charge in [-0.15, -0.1) is 10.2 Å². The van der Waals surface area contributed by atoms with Gasteiger partial charge in [-0.25, -0.2) is 0 Å². The normalized spacial score (nSPS) is 10.8. The lowest BCUT2D eigenvalue weighted by molar-refractivity contribution is -0.118. The van der Waals surface area contributed by atoms with Crippen LogP contribution in [0.1, 0.15) is 29.5 Å². The standard InChI is InChI=1S/C15H16Cl2N4O2S/c1-2-21-14(6-5-13(18)23)19-20-15(21)24-8-12(22)9-3-4-10(16)11(17)7-9/h3-4,7H,2,5-6,8H2,1H3,(H2,18,23). The summed E-state index contributed by atoms with van der Waals surface area (Å²) in [6, 6.07) is 4.79. The van der Waals surface area contributed by atoms with Gasteiger partial charge in [0, 0.05) is 24.9 Å². The predicted molar refractivity (Wildman–Crippen MR) is 94.7 cm³/mol. The van der Waals surface area contributed by atoms with Gasteiger partial charge in [0.05, 0.1) is 15.8 Å². The Balaban J connectivity index is 2.04. The third kappa shape index (κ3) is 4.72. The van der Waals surface area contributed by atoms with Crippen molar-refractivity contribution in [3.05, 3.63) is 39.6 Å². The molecule has 0 aliphatic carbocycles. The van der Waals surface area contributed by atoms with E-state index in [-0.39, 0.29) is 23.9 Å². The van der Waals surface area contributed by atoms with Crippen LogP contribution in [0.5, 0.6) is 0 Å². The lowest BCUT2D eigenvalue weighted by Gasteiger charge is -2.06. The number of carbonyl (C=O) groups excluding carboxylic acids is 2. The highest BCUT2D eigenvalue weighted by atomic mass is 35.5. The fraction of sp³-hybridized carbons (Fsp3) is 0.333. The maximum atomic E-state index is 12.3. The van der Waals surface area contributed by atoms with Crippen molar-refractivity contribution in [1.29, 1.82) is 0 Å². The van der Waals surface area contributed by atoms with Gasteiger partial charge >= 0.3 is 0 Å². The van der Waals surface area contributed by atoms with Crippen LogP contribution in [-0.4, -0.2) is 32.2 Å². The summed E-state index contributed by atoms with van der Waals surface area (Å²) in [5.74, 6) is 0.416. The number of thioether (sulfide) groups is 1. The van der Waals surface area contributed by atoms with E-state index in [4.69, 9.17) is 28.9 Å². The van der Waals surface area contributed by atoms with Gasteiger partial charge in [-0.3, -0.25) is 9.59 Å². The van der Waals surface area contributed by atoms with Crippen LogP contribution in [0.3, 0.4) is 0 Å². The van der Waals surface area contributed by atoms with Gasteiger partial charge in [0.1, 0.15) is 5.82 Å². The Hall–Kier alpha value is -1.57. The number of hydrogen-bond acceptors (Lipinski definition) is 5. The average Bonchev–Trinajstić information content (AvgIpc) is 2.95. The van der Waals surface area contributed by atoms with Crippen LogP contribution in [0.25, 0.3) is 0 Å². The van der Waals surface area contributed by atoms with Crippen molar-refractivity contribution >= 4 is 46.7 Å². The van der Waals surface area contributed by atoms with E-state index in [0.717, 1.165) is 0 Å². The third-order valence-corrected chi connectivity index (χ3v) is 4.98. The molecule has 1 amide bonds. The minimum atomic E-state index is -0.385. The fourth-order valence-corrected chi connectivity index (χ4v) is 3.26. The van der Waals surface area contributed by atoms with Crippen molar-refractivity contribution in [2.45, 2.75) is 31.5 Å². The van der Waals surface area contributed by atoms with E-state index in [2.05, 4.69) is 10.2 Å². The van der Waals surface area contributed by atoms with Crippen LogP contribution >= 0.6 is 35.0 Å². The van der Waals surface area contributed by atoms with Crippen LogP contribution in [0.15, 0.2) is 23.4 Å². The molecule has 128 valence electrons. The summed E-state index contributed by atoms with van der Waals surface area (Å²) in [5.41, 5.74) is 5.65. The van der Waals surface area contributed by atoms with Crippen LogP contribution in [0.2, 0.25) is 10.0 Å². The minimum absolute atomic E-state index is 0.0806. The van der Waals surface area contributed by atoms with E-state index >= 15 is 0 Å². The Morgan fingerprint density at radius 3 is 2.62 bits per heavy atom. The second-order valence-electron chi connectivity index (χ2n) is 4.95. The third-order valence-electron chi connectivity index (χ3n) is 3.28. The molecule has 2 aromatic rings. The highest BCUT2D eigenvalue weighted by molar-refractivity contribution is 7.99. The maximum absolute atomic E-state index is 12.3. The summed E-state index contributed by atoms with van der Waals surface area (Å²) in [5, 5.41) is 9.54. The highest BCUT2D eigenvalue weighted by Gasteiger charge is 2.15. The molecule has 0 fully saturated rings. The van der Waals surface area contributed by atoms with Gasteiger partial charge in [-0.05, 0) is 25.1 Å². The van der Waals surface area contributed by atoms with Crippen LogP contribution in [-0.2, 0) is 17.8 Å². The topological polar surface area (TPSA) is 90.9 Å². The van der Waals surface area contributed by atoms with Gasteiger partial charge < -0.3 is 10.3 Å². The second kappa shape index (κ2) is 8.50. The first-order valence-corrected chi connectivity index (χ1v) is 8.98. The smallest absolute Gasteiger partial charge is 0.217 e. The molecule has 2 N–H and O–H groups in total. The molecule has 6 nitrogen and oxygen atoms in total. The molecule has 0 aliphatic heterocycles. The van der Waals surface area contributed by atoms with Crippen molar-refractivity contribution in [2.75, 3.05) is 5.75 Å². The number of ketones is 1. The average molecular weight is 387 g/mol. The van der Waals surface area contributed by atoms with E-state index < -0.39 is 0 Å². The van der Waals surface area contributed by atoms with Crippen molar-refractivity contribution in [1.82, 2.24) is 14.8 Å². The SMILES string of the molecule is CCn1c(CCC(N)=O)nnc1SCC(=O)c1ccc(Cl)c(Cl)c1. The van der Waals surface area contributed by atoms with Gasteiger partial charge in [-0.1, -0.05) is 35.0 Å². The molecule has 0 unspecified atom stereocenters. The van der Waals surface area contributed by atoms with Crippen molar-refractivity contribution in [3.63, 3.8) is 0 Å². The molecule has 0 aliphatic rings. The van der Waals surface area contributed by atoms with Crippen LogP contribution < -0.4 is 5.73 Å². The van der Waals surface area contributed by atoms with Gasteiger partial charge in [0.25, 0.3) is 0 Å². The number of aromatic nitrogens is 3. The molecule has 0 spiro atoms. The quantitative estimate of drug-likeness (QED) is 0.556. The zero-order chi connectivity index (χ0) is 17.7. The Kier molecular flexibility index (Phi) is 6.65. The fourth-order valence-electron chi connectivity index (χ4n) is 2.05. The summed E-state index contributed by atoms with van der Waals surface area (Å²) in [7, 11) is 0. The van der Waals surface area contributed by atoms with Crippen molar-refractivity contribution in [3.8, 4) is 0 Å². The van der Waals surface area contributed by atoms with E-state index in [1.54, 1.807) is 18.2 Å². The van der Waals surface area contributed by atoms with Crippen molar-refractivity contribution < 1.29 is 9.59 Å². The molecule has 0 saturated heterocycles. The molecule has 1 aromatic carbocycles. The van der Waals surface area contributed by atoms with Gasteiger partial charge in [-0.2, -0.15) is 0 Å². The molecular formula is C15H16Cl2N4O2S. The number of Topliss-reactive ketones (excluding diaryl/α,β-unsaturated/α-hetero) is 1. The van der Waals surface area contributed by atoms with E-state index in [0.29, 0.717) is 39.6 Å². The second-order valence-corrected chi connectivity index (χ2v) is 6.71. The lowest BCUT2D eigenvalue weighted by atomic mass is 10.1. The predicted octanol–water partition coefficient (Wildman–Crippen LogP) is 3.00. The Bertz CT molecular complexity index is 764. The van der Waals surface area contributed by atoms with E-state index in [1.165, 1.54) is 11.8 Å². The molecule has 9 heteroatoms. The van der Waals surface area contributed by atoms with E-state index in [1.807, 2.05) is 11.5 Å². The number of amides is 1. The number of primary amides is 1. The van der Waals surface area contributed by atoms with Crippen LogP contribution in [0.4, 0.5) is 0 Å². The monoisotopic (exact) mass is 386 g/mol. The molecule has 0 atom stereocenters. The zero-order valence-electron chi connectivity index (χ0n) is 13.0. The number of nitrogens with zero attached hydrogens (tertiary/aromatic N) is 3. The zero-order valence-corrected chi connectivity index (χ0v) is 15.3. The van der Waals surface area contributed by atoms with Gasteiger partial charge in [0.15, 0.2) is 10.9 Å². The summed E-state index contributed by atoms with van der Waals surface area (Å²) in [4.78, 5) is 23.2. The summed E-state index contributed by atoms with van der Waals surface area (Å²) < 4.78 is 1.87. The van der Waals surface area contributed by atoms with E-state index in [9.17, 15) is 9.59 Å². The minimum Gasteiger partial charge on any atom is -0.370 e.